The predicted octanol–water partition coefficient (Wildman–Crippen LogP) is 3.26. The molecule has 0 saturated heterocycles. The molecular formula is C11H13NO. The van der Waals surface area contributed by atoms with Crippen molar-refractivity contribution in [2.75, 3.05) is 0 Å². The second-order valence-electron chi connectivity index (χ2n) is 3.61. The lowest BCUT2D eigenvalue weighted by Gasteiger charge is -2.02. The zero-order chi connectivity index (χ0) is 9.42. The van der Waals surface area contributed by atoms with Crippen LogP contribution in [0.25, 0.3) is 11.1 Å². The number of oxazole rings is 1. The molecule has 0 spiro atoms. The van der Waals surface area contributed by atoms with Crippen LogP contribution in [-0.4, -0.2) is 4.98 Å². The Hall–Kier alpha value is -1.31. The summed E-state index contributed by atoms with van der Waals surface area (Å²) in [5.41, 5.74) is 3.14. The topological polar surface area (TPSA) is 26.0 Å². The maximum Gasteiger partial charge on any atom is 0.192 e. The van der Waals surface area contributed by atoms with Crippen LogP contribution in [0, 0.1) is 6.92 Å². The first-order valence-corrected chi connectivity index (χ1v) is 4.54. The van der Waals surface area contributed by atoms with Gasteiger partial charge in [0, 0.05) is 6.92 Å². The molecule has 0 N–H and O–H groups in total. The molecule has 1 aromatic carbocycles. The number of hydrogen-bond donors (Lipinski definition) is 0. The van der Waals surface area contributed by atoms with Gasteiger partial charge in [-0.2, -0.15) is 0 Å². The van der Waals surface area contributed by atoms with Gasteiger partial charge >= 0.3 is 0 Å². The van der Waals surface area contributed by atoms with E-state index in [1.54, 1.807) is 0 Å². The van der Waals surface area contributed by atoms with E-state index in [1.807, 2.05) is 13.0 Å². The van der Waals surface area contributed by atoms with Crippen molar-refractivity contribution in [2.45, 2.75) is 26.7 Å². The monoisotopic (exact) mass is 175 g/mol. The lowest BCUT2D eigenvalue weighted by molar-refractivity contribution is 0.561. The van der Waals surface area contributed by atoms with Crippen LogP contribution >= 0.6 is 0 Å². The minimum atomic E-state index is 0.543. The highest BCUT2D eigenvalue weighted by Crippen LogP contribution is 2.21. The lowest BCUT2D eigenvalue weighted by Crippen LogP contribution is -1.85. The van der Waals surface area contributed by atoms with E-state index in [9.17, 15) is 0 Å². The number of benzene rings is 1. The van der Waals surface area contributed by atoms with Crippen LogP contribution in [0.1, 0.15) is 31.2 Å². The van der Waals surface area contributed by atoms with Crippen LogP contribution in [0.2, 0.25) is 0 Å². The molecule has 0 aliphatic heterocycles. The standard InChI is InChI=1S/C11H13NO/c1-7(2)9-4-5-11-10(6-9)12-8(3)13-11/h4-7H,1-3H3. The summed E-state index contributed by atoms with van der Waals surface area (Å²) in [6.07, 6.45) is 0. The fourth-order valence-corrected chi connectivity index (χ4v) is 1.42. The zero-order valence-corrected chi connectivity index (χ0v) is 8.16. The number of fused-ring (bicyclic) bond motifs is 1. The molecular weight excluding hydrogens is 162 g/mol. The molecule has 2 heteroatoms. The number of aromatic nitrogens is 1. The Morgan fingerprint density at radius 3 is 2.77 bits per heavy atom. The molecule has 0 unspecified atom stereocenters. The summed E-state index contributed by atoms with van der Waals surface area (Å²) in [4.78, 5) is 4.29. The molecule has 2 aromatic rings. The van der Waals surface area contributed by atoms with Gasteiger partial charge in [-0.15, -0.1) is 0 Å². The van der Waals surface area contributed by atoms with Crippen molar-refractivity contribution in [1.82, 2.24) is 4.98 Å². The molecule has 1 aromatic heterocycles. The number of aryl methyl sites for hydroxylation is 1. The molecule has 2 rings (SSSR count). The van der Waals surface area contributed by atoms with E-state index in [2.05, 4.69) is 31.0 Å². The number of hydrogen-bond acceptors (Lipinski definition) is 2. The molecule has 0 atom stereocenters. The Morgan fingerprint density at radius 2 is 2.08 bits per heavy atom. The largest absolute Gasteiger partial charge is 0.441 e. The van der Waals surface area contributed by atoms with Crippen molar-refractivity contribution in [1.29, 1.82) is 0 Å². The summed E-state index contributed by atoms with van der Waals surface area (Å²) in [5, 5.41) is 0. The molecule has 0 aliphatic carbocycles. The predicted molar refractivity (Wildman–Crippen MR) is 52.8 cm³/mol. The van der Waals surface area contributed by atoms with Gasteiger partial charge in [0.1, 0.15) is 5.52 Å². The smallest absolute Gasteiger partial charge is 0.192 e. The van der Waals surface area contributed by atoms with E-state index >= 15 is 0 Å². The van der Waals surface area contributed by atoms with Gasteiger partial charge in [-0.05, 0) is 23.6 Å². The molecule has 0 bridgehead atoms. The van der Waals surface area contributed by atoms with Crippen molar-refractivity contribution >= 4 is 11.1 Å². The highest BCUT2D eigenvalue weighted by molar-refractivity contribution is 5.73. The second kappa shape index (κ2) is 2.87. The molecule has 2 nitrogen and oxygen atoms in total. The van der Waals surface area contributed by atoms with Gasteiger partial charge in [0.15, 0.2) is 11.5 Å². The van der Waals surface area contributed by atoms with E-state index in [4.69, 9.17) is 4.42 Å². The van der Waals surface area contributed by atoms with Crippen molar-refractivity contribution in [3.63, 3.8) is 0 Å². The molecule has 0 aliphatic rings. The highest BCUT2D eigenvalue weighted by atomic mass is 16.3. The molecule has 0 amide bonds. The Balaban J connectivity index is 2.61. The molecule has 0 fully saturated rings. The van der Waals surface area contributed by atoms with Gasteiger partial charge < -0.3 is 4.42 Å². The maximum absolute atomic E-state index is 5.39. The SMILES string of the molecule is Cc1nc2cc(C(C)C)ccc2o1. The Labute approximate surface area is 77.6 Å². The van der Waals surface area contributed by atoms with Crippen molar-refractivity contribution in [3.05, 3.63) is 29.7 Å². The van der Waals surface area contributed by atoms with Gasteiger partial charge in [0.2, 0.25) is 0 Å². The first-order chi connectivity index (χ1) is 6.16. The summed E-state index contributed by atoms with van der Waals surface area (Å²) in [5.74, 6) is 1.28. The van der Waals surface area contributed by atoms with Gasteiger partial charge in [-0.3, -0.25) is 0 Å². The molecule has 13 heavy (non-hydrogen) atoms. The summed E-state index contributed by atoms with van der Waals surface area (Å²) in [7, 11) is 0. The Bertz CT molecular complexity index is 429. The third-order valence-electron chi connectivity index (χ3n) is 2.19. The highest BCUT2D eigenvalue weighted by Gasteiger charge is 2.04. The maximum atomic E-state index is 5.39. The molecule has 68 valence electrons. The van der Waals surface area contributed by atoms with Crippen molar-refractivity contribution < 1.29 is 4.42 Å². The summed E-state index contributed by atoms with van der Waals surface area (Å²) >= 11 is 0. The molecule has 0 radical (unpaired) electrons. The summed E-state index contributed by atoms with van der Waals surface area (Å²) < 4.78 is 5.39. The lowest BCUT2D eigenvalue weighted by atomic mass is 10.0. The van der Waals surface area contributed by atoms with E-state index in [0.717, 1.165) is 17.0 Å². The average Bonchev–Trinajstić information content (AvgIpc) is 2.42. The fraction of sp³-hybridized carbons (Fsp3) is 0.364. The van der Waals surface area contributed by atoms with Crippen LogP contribution in [0.4, 0.5) is 0 Å². The van der Waals surface area contributed by atoms with Crippen LogP contribution in [0.5, 0.6) is 0 Å². The van der Waals surface area contributed by atoms with Crippen molar-refractivity contribution in [3.8, 4) is 0 Å². The minimum absolute atomic E-state index is 0.543. The first kappa shape index (κ1) is 8.30. The van der Waals surface area contributed by atoms with E-state index < -0.39 is 0 Å². The quantitative estimate of drug-likeness (QED) is 0.664. The zero-order valence-electron chi connectivity index (χ0n) is 8.16. The van der Waals surface area contributed by atoms with Crippen LogP contribution in [0.3, 0.4) is 0 Å². The van der Waals surface area contributed by atoms with Gasteiger partial charge in [0.05, 0.1) is 0 Å². The van der Waals surface area contributed by atoms with Gasteiger partial charge in [-0.1, -0.05) is 19.9 Å². The van der Waals surface area contributed by atoms with Crippen molar-refractivity contribution in [2.24, 2.45) is 0 Å². The van der Waals surface area contributed by atoms with Gasteiger partial charge in [-0.25, -0.2) is 4.98 Å². The number of rotatable bonds is 1. The number of nitrogens with zero attached hydrogens (tertiary/aromatic N) is 1. The summed E-state index contributed by atoms with van der Waals surface area (Å²) in [6.45, 7) is 6.22. The second-order valence-corrected chi connectivity index (χ2v) is 3.61. The van der Waals surface area contributed by atoms with Crippen LogP contribution in [0.15, 0.2) is 22.6 Å². The Kier molecular flexibility index (Phi) is 1.83. The molecule has 1 heterocycles. The van der Waals surface area contributed by atoms with Crippen LogP contribution < -0.4 is 0 Å². The van der Waals surface area contributed by atoms with E-state index in [1.165, 1.54) is 5.56 Å². The first-order valence-electron chi connectivity index (χ1n) is 4.54. The third kappa shape index (κ3) is 1.44. The molecule has 0 saturated carbocycles. The van der Waals surface area contributed by atoms with E-state index in [0.29, 0.717) is 5.92 Å². The minimum Gasteiger partial charge on any atom is -0.441 e. The third-order valence-corrected chi connectivity index (χ3v) is 2.19. The van der Waals surface area contributed by atoms with Crippen LogP contribution in [-0.2, 0) is 0 Å². The normalized spacial score (nSPS) is 11.4. The average molecular weight is 175 g/mol. The summed E-state index contributed by atoms with van der Waals surface area (Å²) in [6, 6.07) is 6.18. The van der Waals surface area contributed by atoms with E-state index in [-0.39, 0.29) is 0 Å². The Morgan fingerprint density at radius 1 is 1.31 bits per heavy atom. The van der Waals surface area contributed by atoms with Gasteiger partial charge in [0.25, 0.3) is 0 Å². The fourth-order valence-electron chi connectivity index (χ4n) is 1.42.